The molecule has 2 atom stereocenters. The molecule has 0 radical (unpaired) electrons. The van der Waals surface area contributed by atoms with Gasteiger partial charge in [0.25, 0.3) is 0 Å². The fourth-order valence-electron chi connectivity index (χ4n) is 1.72. The van der Waals surface area contributed by atoms with Crippen molar-refractivity contribution in [1.82, 2.24) is 0 Å². The quantitative estimate of drug-likeness (QED) is 0.774. The number of halogens is 1. The molecule has 0 saturated heterocycles. The first-order valence-corrected chi connectivity index (χ1v) is 5.23. The summed E-state index contributed by atoms with van der Waals surface area (Å²) in [5.74, 6) is 1.11. The zero-order valence-electron chi connectivity index (χ0n) is 7.46. The molecule has 1 aromatic rings. The van der Waals surface area contributed by atoms with Crippen LogP contribution < -0.4 is 0 Å². The van der Waals surface area contributed by atoms with Crippen LogP contribution in [0.2, 0.25) is 0 Å². The lowest BCUT2D eigenvalue weighted by Gasteiger charge is -1.98. The molecule has 68 valence electrons. The van der Waals surface area contributed by atoms with Crippen LogP contribution in [-0.2, 0) is 4.79 Å². The van der Waals surface area contributed by atoms with Crippen LogP contribution in [0.5, 0.6) is 0 Å². The van der Waals surface area contributed by atoms with Crippen molar-refractivity contribution in [2.75, 3.05) is 0 Å². The van der Waals surface area contributed by atoms with E-state index < -0.39 is 0 Å². The highest BCUT2D eigenvalue weighted by Crippen LogP contribution is 2.47. The number of carbonyl (C=O) groups excluding carboxylic acids is 1. The standard InChI is InChI=1S/C11H11BrO/c1-7(13)10-6-11(10)8-2-4-9(12)5-3-8/h2-5,10-11H,6H2,1H3/t10-,11-/m1/s1. The Morgan fingerprint density at radius 1 is 1.38 bits per heavy atom. The Morgan fingerprint density at radius 2 is 2.00 bits per heavy atom. The maximum atomic E-state index is 11.0. The van der Waals surface area contributed by atoms with Crippen LogP contribution >= 0.6 is 15.9 Å². The molecule has 0 aromatic heterocycles. The molecule has 0 unspecified atom stereocenters. The second-order valence-electron chi connectivity index (χ2n) is 3.61. The summed E-state index contributed by atoms with van der Waals surface area (Å²) in [5, 5.41) is 0. The van der Waals surface area contributed by atoms with Gasteiger partial charge < -0.3 is 0 Å². The number of carbonyl (C=O) groups is 1. The van der Waals surface area contributed by atoms with Crippen LogP contribution in [0.25, 0.3) is 0 Å². The normalized spacial score (nSPS) is 25.7. The van der Waals surface area contributed by atoms with Crippen molar-refractivity contribution < 1.29 is 4.79 Å². The highest BCUT2D eigenvalue weighted by molar-refractivity contribution is 9.10. The molecule has 0 N–H and O–H groups in total. The maximum Gasteiger partial charge on any atom is 0.133 e. The third kappa shape index (κ3) is 1.83. The Balaban J connectivity index is 2.12. The van der Waals surface area contributed by atoms with E-state index in [1.165, 1.54) is 5.56 Å². The number of rotatable bonds is 2. The van der Waals surface area contributed by atoms with Gasteiger partial charge in [0.2, 0.25) is 0 Å². The summed E-state index contributed by atoms with van der Waals surface area (Å²) in [5.41, 5.74) is 1.29. The average molecular weight is 239 g/mol. The molecule has 0 aliphatic heterocycles. The summed E-state index contributed by atoms with van der Waals surface area (Å²) < 4.78 is 1.09. The van der Waals surface area contributed by atoms with E-state index in [-0.39, 0.29) is 0 Å². The molecule has 0 bridgehead atoms. The van der Waals surface area contributed by atoms with E-state index in [0.717, 1.165) is 10.9 Å². The SMILES string of the molecule is CC(=O)[C@H]1C[C@@H]1c1ccc(Br)cc1. The number of hydrogen-bond acceptors (Lipinski definition) is 1. The van der Waals surface area contributed by atoms with Gasteiger partial charge in [0, 0.05) is 10.4 Å². The number of hydrogen-bond donors (Lipinski definition) is 0. The fraction of sp³-hybridized carbons (Fsp3) is 0.364. The molecule has 2 heteroatoms. The monoisotopic (exact) mass is 238 g/mol. The third-order valence-electron chi connectivity index (χ3n) is 2.61. The Hall–Kier alpha value is -0.630. The number of ketones is 1. The lowest BCUT2D eigenvalue weighted by atomic mass is 10.1. The lowest BCUT2D eigenvalue weighted by molar-refractivity contribution is -0.118. The van der Waals surface area contributed by atoms with E-state index in [9.17, 15) is 4.79 Å². The molecule has 1 nitrogen and oxygen atoms in total. The number of Topliss-reactive ketones (excluding diaryl/α,β-unsaturated/α-hetero) is 1. The lowest BCUT2D eigenvalue weighted by Crippen LogP contribution is -1.94. The second-order valence-corrected chi connectivity index (χ2v) is 4.53. The summed E-state index contributed by atoms with van der Waals surface area (Å²) in [4.78, 5) is 11.0. The van der Waals surface area contributed by atoms with Crippen LogP contribution in [0.3, 0.4) is 0 Å². The first-order chi connectivity index (χ1) is 6.18. The maximum absolute atomic E-state index is 11.0. The Labute approximate surface area is 86.3 Å². The summed E-state index contributed by atoms with van der Waals surface area (Å²) in [6.45, 7) is 1.68. The van der Waals surface area contributed by atoms with E-state index in [4.69, 9.17) is 0 Å². The van der Waals surface area contributed by atoms with E-state index >= 15 is 0 Å². The van der Waals surface area contributed by atoms with Gasteiger partial charge in [0.15, 0.2) is 0 Å². The molecule has 1 aromatic carbocycles. The third-order valence-corrected chi connectivity index (χ3v) is 3.14. The number of benzene rings is 1. The van der Waals surface area contributed by atoms with Crippen molar-refractivity contribution in [3.63, 3.8) is 0 Å². The van der Waals surface area contributed by atoms with Gasteiger partial charge in [-0.2, -0.15) is 0 Å². The minimum atomic E-state index is 0.293. The van der Waals surface area contributed by atoms with Gasteiger partial charge in [-0.1, -0.05) is 28.1 Å². The predicted molar refractivity (Wildman–Crippen MR) is 55.7 cm³/mol. The average Bonchev–Trinajstić information content (AvgIpc) is 2.85. The van der Waals surface area contributed by atoms with Gasteiger partial charge in [-0.25, -0.2) is 0 Å². The summed E-state index contributed by atoms with van der Waals surface area (Å²) in [6, 6.07) is 8.26. The molecule has 13 heavy (non-hydrogen) atoms. The van der Waals surface area contributed by atoms with Gasteiger partial charge in [-0.05, 0) is 37.0 Å². The minimum absolute atomic E-state index is 0.293. The minimum Gasteiger partial charge on any atom is -0.300 e. The zero-order valence-corrected chi connectivity index (χ0v) is 9.04. The Bertz CT molecular complexity index is 328. The first kappa shape index (κ1) is 8.95. The molecule has 0 amide bonds. The fourth-order valence-corrected chi connectivity index (χ4v) is 1.99. The Kier molecular flexibility index (Phi) is 2.24. The van der Waals surface area contributed by atoms with Crippen LogP contribution in [0.1, 0.15) is 24.8 Å². The molecule has 1 fully saturated rings. The Morgan fingerprint density at radius 3 is 2.46 bits per heavy atom. The molecule has 0 spiro atoms. The van der Waals surface area contributed by atoms with Gasteiger partial charge in [0.05, 0.1) is 0 Å². The second kappa shape index (κ2) is 3.26. The van der Waals surface area contributed by atoms with Crippen molar-refractivity contribution in [2.45, 2.75) is 19.3 Å². The highest BCUT2D eigenvalue weighted by Gasteiger charge is 2.41. The van der Waals surface area contributed by atoms with E-state index in [1.54, 1.807) is 6.92 Å². The summed E-state index contributed by atoms with van der Waals surface area (Å²) in [6.07, 6.45) is 1.04. The topological polar surface area (TPSA) is 17.1 Å². The van der Waals surface area contributed by atoms with Crippen molar-refractivity contribution in [3.8, 4) is 0 Å². The smallest absolute Gasteiger partial charge is 0.133 e. The van der Waals surface area contributed by atoms with Crippen molar-refractivity contribution in [3.05, 3.63) is 34.3 Å². The van der Waals surface area contributed by atoms with Gasteiger partial charge in [0.1, 0.15) is 5.78 Å². The van der Waals surface area contributed by atoms with E-state index in [1.807, 2.05) is 12.1 Å². The van der Waals surface area contributed by atoms with E-state index in [0.29, 0.717) is 17.6 Å². The summed E-state index contributed by atoms with van der Waals surface area (Å²) >= 11 is 3.39. The molecular weight excluding hydrogens is 228 g/mol. The largest absolute Gasteiger partial charge is 0.300 e. The molecule has 1 saturated carbocycles. The van der Waals surface area contributed by atoms with Gasteiger partial charge in [-0.3, -0.25) is 4.79 Å². The van der Waals surface area contributed by atoms with Crippen molar-refractivity contribution >= 4 is 21.7 Å². The van der Waals surface area contributed by atoms with Crippen LogP contribution in [0.4, 0.5) is 0 Å². The van der Waals surface area contributed by atoms with Crippen LogP contribution in [-0.4, -0.2) is 5.78 Å². The molecule has 1 aliphatic rings. The van der Waals surface area contributed by atoms with Crippen LogP contribution in [0.15, 0.2) is 28.7 Å². The molecular formula is C11H11BrO. The van der Waals surface area contributed by atoms with Gasteiger partial charge in [-0.15, -0.1) is 0 Å². The van der Waals surface area contributed by atoms with Crippen LogP contribution in [0, 0.1) is 5.92 Å². The van der Waals surface area contributed by atoms with Crippen molar-refractivity contribution in [2.24, 2.45) is 5.92 Å². The molecule has 2 rings (SSSR count). The summed E-state index contributed by atoms with van der Waals surface area (Å²) in [7, 11) is 0. The molecule has 1 aliphatic carbocycles. The molecule has 0 heterocycles. The zero-order chi connectivity index (χ0) is 9.42. The highest BCUT2D eigenvalue weighted by atomic mass is 79.9. The van der Waals surface area contributed by atoms with E-state index in [2.05, 4.69) is 28.1 Å². The van der Waals surface area contributed by atoms with Crippen molar-refractivity contribution in [1.29, 1.82) is 0 Å². The predicted octanol–water partition coefficient (Wildman–Crippen LogP) is 3.14. The first-order valence-electron chi connectivity index (χ1n) is 4.44. The van der Waals surface area contributed by atoms with Gasteiger partial charge >= 0.3 is 0 Å².